The molecule has 0 amide bonds. The number of hydrogen-bond acceptors (Lipinski definition) is 2. The maximum absolute atomic E-state index is 10.0. The molecule has 1 N–H and O–H groups in total. The van der Waals surface area contributed by atoms with Crippen molar-refractivity contribution in [3.8, 4) is 0 Å². The Morgan fingerprint density at radius 2 is 2.46 bits per heavy atom. The number of hydrogen-bond donors (Lipinski definition) is 1. The second-order valence-electron chi connectivity index (χ2n) is 4.26. The molecule has 2 heteroatoms. The van der Waals surface area contributed by atoms with Gasteiger partial charge < -0.3 is 9.84 Å². The summed E-state index contributed by atoms with van der Waals surface area (Å²) in [5.41, 5.74) is 1.25. The number of aliphatic hydroxyl groups excluding tert-OH is 1. The lowest BCUT2D eigenvalue weighted by Crippen LogP contribution is -2.22. The van der Waals surface area contributed by atoms with Crippen molar-refractivity contribution in [1.82, 2.24) is 0 Å². The van der Waals surface area contributed by atoms with Crippen LogP contribution in [0, 0.1) is 5.92 Å². The van der Waals surface area contributed by atoms with E-state index in [4.69, 9.17) is 4.74 Å². The summed E-state index contributed by atoms with van der Waals surface area (Å²) in [5.74, 6) is 0.347. The van der Waals surface area contributed by atoms with Gasteiger partial charge in [-0.2, -0.15) is 0 Å². The highest BCUT2D eigenvalue weighted by Crippen LogP contribution is 2.30. The SMILES string of the molecule is CC1CC(C(O)C2=CCCC2)CO1. The molecule has 0 saturated carbocycles. The van der Waals surface area contributed by atoms with Gasteiger partial charge in [0.25, 0.3) is 0 Å². The van der Waals surface area contributed by atoms with Crippen LogP contribution in [-0.2, 0) is 4.74 Å². The van der Waals surface area contributed by atoms with Crippen molar-refractivity contribution < 1.29 is 9.84 Å². The molecule has 1 heterocycles. The predicted octanol–water partition coefficient (Wildman–Crippen LogP) is 1.88. The topological polar surface area (TPSA) is 29.5 Å². The van der Waals surface area contributed by atoms with E-state index in [2.05, 4.69) is 13.0 Å². The van der Waals surface area contributed by atoms with E-state index in [1.807, 2.05) is 0 Å². The summed E-state index contributed by atoms with van der Waals surface area (Å²) in [5, 5.41) is 10.0. The van der Waals surface area contributed by atoms with Crippen molar-refractivity contribution >= 4 is 0 Å². The van der Waals surface area contributed by atoms with E-state index in [1.165, 1.54) is 12.0 Å². The largest absolute Gasteiger partial charge is 0.388 e. The third kappa shape index (κ3) is 1.94. The summed E-state index contributed by atoms with van der Waals surface area (Å²) in [6.07, 6.45) is 6.78. The maximum atomic E-state index is 10.0. The predicted molar refractivity (Wildman–Crippen MR) is 51.5 cm³/mol. The number of allylic oxidation sites excluding steroid dienone is 1. The first-order valence-corrected chi connectivity index (χ1v) is 5.26. The summed E-state index contributed by atoms with van der Waals surface area (Å²) >= 11 is 0. The van der Waals surface area contributed by atoms with Crippen molar-refractivity contribution in [2.75, 3.05) is 6.61 Å². The molecule has 1 aliphatic carbocycles. The molecule has 0 radical (unpaired) electrons. The van der Waals surface area contributed by atoms with Gasteiger partial charge >= 0.3 is 0 Å². The van der Waals surface area contributed by atoms with E-state index in [0.717, 1.165) is 25.9 Å². The van der Waals surface area contributed by atoms with Crippen LogP contribution in [0.3, 0.4) is 0 Å². The lowest BCUT2D eigenvalue weighted by Gasteiger charge is -2.17. The Hall–Kier alpha value is -0.340. The Labute approximate surface area is 79.6 Å². The lowest BCUT2D eigenvalue weighted by atomic mass is 9.93. The quantitative estimate of drug-likeness (QED) is 0.661. The van der Waals surface area contributed by atoms with Crippen LogP contribution in [0.1, 0.15) is 32.6 Å². The molecule has 13 heavy (non-hydrogen) atoms. The number of rotatable bonds is 2. The Morgan fingerprint density at radius 3 is 3.00 bits per heavy atom. The normalized spacial score (nSPS) is 36.3. The van der Waals surface area contributed by atoms with E-state index in [1.54, 1.807) is 0 Å². The Morgan fingerprint density at radius 1 is 1.62 bits per heavy atom. The zero-order valence-corrected chi connectivity index (χ0v) is 8.20. The molecule has 3 atom stereocenters. The number of aliphatic hydroxyl groups is 1. The molecule has 0 aromatic heterocycles. The van der Waals surface area contributed by atoms with Crippen molar-refractivity contribution in [3.05, 3.63) is 11.6 Å². The molecule has 74 valence electrons. The summed E-state index contributed by atoms with van der Waals surface area (Å²) in [7, 11) is 0. The molecule has 3 unspecified atom stereocenters. The Kier molecular flexibility index (Phi) is 2.70. The van der Waals surface area contributed by atoms with E-state index in [9.17, 15) is 5.11 Å². The molecule has 2 nitrogen and oxygen atoms in total. The molecule has 0 bridgehead atoms. The molecule has 0 spiro atoms. The van der Waals surface area contributed by atoms with Gasteiger partial charge in [-0.1, -0.05) is 6.08 Å². The molecule has 1 aliphatic heterocycles. The van der Waals surface area contributed by atoms with Crippen LogP contribution in [-0.4, -0.2) is 23.9 Å². The van der Waals surface area contributed by atoms with Gasteiger partial charge in [0, 0.05) is 5.92 Å². The van der Waals surface area contributed by atoms with Crippen molar-refractivity contribution in [3.63, 3.8) is 0 Å². The highest BCUT2D eigenvalue weighted by Gasteiger charge is 2.30. The van der Waals surface area contributed by atoms with Gasteiger partial charge in [0.2, 0.25) is 0 Å². The zero-order chi connectivity index (χ0) is 9.26. The Bertz CT molecular complexity index is 210. The molecule has 0 aromatic carbocycles. The van der Waals surface area contributed by atoms with E-state index >= 15 is 0 Å². The van der Waals surface area contributed by atoms with E-state index in [-0.39, 0.29) is 6.10 Å². The van der Waals surface area contributed by atoms with Gasteiger partial charge in [0.1, 0.15) is 0 Å². The average Bonchev–Trinajstić information content (AvgIpc) is 2.72. The smallest absolute Gasteiger partial charge is 0.0801 e. The fourth-order valence-corrected chi connectivity index (χ4v) is 2.34. The molecule has 0 aromatic rings. The standard InChI is InChI=1S/C11H18O2/c1-8-6-10(7-13-8)11(12)9-4-2-3-5-9/h4,8,10-12H,2-3,5-7H2,1H3. The average molecular weight is 182 g/mol. The summed E-state index contributed by atoms with van der Waals surface area (Å²) in [6.45, 7) is 2.81. The first-order chi connectivity index (χ1) is 6.27. The van der Waals surface area contributed by atoms with E-state index < -0.39 is 0 Å². The molecule has 2 aliphatic rings. The van der Waals surface area contributed by atoms with Crippen LogP contribution >= 0.6 is 0 Å². The second-order valence-corrected chi connectivity index (χ2v) is 4.26. The van der Waals surface area contributed by atoms with Crippen LogP contribution in [0.4, 0.5) is 0 Å². The first kappa shape index (κ1) is 9.22. The third-order valence-electron chi connectivity index (χ3n) is 3.13. The minimum atomic E-state index is -0.229. The maximum Gasteiger partial charge on any atom is 0.0801 e. The van der Waals surface area contributed by atoms with E-state index in [0.29, 0.717) is 12.0 Å². The molecular weight excluding hydrogens is 164 g/mol. The van der Waals surface area contributed by atoms with Crippen LogP contribution in [0.15, 0.2) is 11.6 Å². The Balaban J connectivity index is 1.92. The van der Waals surface area contributed by atoms with Crippen LogP contribution < -0.4 is 0 Å². The summed E-state index contributed by atoms with van der Waals surface area (Å²) in [4.78, 5) is 0. The van der Waals surface area contributed by atoms with Crippen molar-refractivity contribution in [2.24, 2.45) is 5.92 Å². The second kappa shape index (κ2) is 3.81. The fraction of sp³-hybridized carbons (Fsp3) is 0.818. The van der Waals surface area contributed by atoms with Crippen molar-refractivity contribution in [1.29, 1.82) is 0 Å². The van der Waals surface area contributed by atoms with Crippen LogP contribution in [0.25, 0.3) is 0 Å². The highest BCUT2D eigenvalue weighted by atomic mass is 16.5. The van der Waals surface area contributed by atoms with Crippen molar-refractivity contribution in [2.45, 2.75) is 44.8 Å². The minimum absolute atomic E-state index is 0.229. The first-order valence-electron chi connectivity index (χ1n) is 5.26. The van der Waals surface area contributed by atoms with Gasteiger partial charge in [-0.25, -0.2) is 0 Å². The zero-order valence-electron chi connectivity index (χ0n) is 8.20. The van der Waals surface area contributed by atoms with Gasteiger partial charge in [-0.3, -0.25) is 0 Å². The summed E-state index contributed by atoms with van der Waals surface area (Å²) < 4.78 is 5.46. The minimum Gasteiger partial charge on any atom is -0.388 e. The molecule has 1 fully saturated rings. The van der Waals surface area contributed by atoms with Gasteiger partial charge in [0.05, 0.1) is 18.8 Å². The lowest BCUT2D eigenvalue weighted by molar-refractivity contribution is 0.0949. The summed E-state index contributed by atoms with van der Waals surface area (Å²) in [6, 6.07) is 0. The molecule has 1 saturated heterocycles. The number of ether oxygens (including phenoxy) is 1. The van der Waals surface area contributed by atoms with Gasteiger partial charge in [0.15, 0.2) is 0 Å². The van der Waals surface area contributed by atoms with Crippen LogP contribution in [0.2, 0.25) is 0 Å². The van der Waals surface area contributed by atoms with Gasteiger partial charge in [-0.15, -0.1) is 0 Å². The van der Waals surface area contributed by atoms with Crippen LogP contribution in [0.5, 0.6) is 0 Å². The fourth-order valence-electron chi connectivity index (χ4n) is 2.34. The van der Waals surface area contributed by atoms with Gasteiger partial charge in [-0.05, 0) is 38.2 Å². The molecule has 2 rings (SSSR count). The highest BCUT2D eigenvalue weighted by molar-refractivity contribution is 5.14. The third-order valence-corrected chi connectivity index (χ3v) is 3.13. The molecular formula is C11H18O2. The monoisotopic (exact) mass is 182 g/mol.